The van der Waals surface area contributed by atoms with Crippen molar-refractivity contribution in [1.29, 1.82) is 0 Å². The third kappa shape index (κ3) is 5.04. The van der Waals surface area contributed by atoms with Gasteiger partial charge in [-0.2, -0.15) is 13.8 Å². The molecule has 0 aliphatic heterocycles. The molecule has 1 aromatic heterocycles. The van der Waals surface area contributed by atoms with Gasteiger partial charge in [-0.05, 0) is 56.3 Å². The van der Waals surface area contributed by atoms with Crippen LogP contribution in [0.15, 0.2) is 36.5 Å². The molecule has 2 aliphatic carbocycles. The molecule has 0 amide bonds. The number of aromatic amines is 1. The molecule has 0 radical (unpaired) electrons. The average Bonchev–Trinajstić information content (AvgIpc) is 3.23. The Morgan fingerprint density at radius 2 is 1.60 bits per heavy atom. The summed E-state index contributed by atoms with van der Waals surface area (Å²) in [5, 5.41) is 0. The van der Waals surface area contributed by atoms with Crippen molar-refractivity contribution in [1.82, 2.24) is 9.97 Å². The van der Waals surface area contributed by atoms with Crippen molar-refractivity contribution in [3.8, 4) is 17.3 Å². The number of hydrogen-bond acceptors (Lipinski definition) is 2. The number of benzene rings is 1. The Morgan fingerprint density at radius 1 is 0.967 bits per heavy atom. The van der Waals surface area contributed by atoms with Crippen LogP contribution in [0.3, 0.4) is 0 Å². The highest BCUT2D eigenvalue weighted by molar-refractivity contribution is 5.55. The minimum absolute atomic E-state index is 0.0322. The number of H-pyrrole nitrogens is 1. The van der Waals surface area contributed by atoms with E-state index in [-0.39, 0.29) is 5.88 Å². The number of aromatic nitrogens is 2. The van der Waals surface area contributed by atoms with E-state index in [2.05, 4.69) is 16.9 Å². The third-order valence-electron chi connectivity index (χ3n) is 7.34. The van der Waals surface area contributed by atoms with Gasteiger partial charge in [0.15, 0.2) is 0 Å². The number of rotatable bonds is 7. The summed E-state index contributed by atoms with van der Waals surface area (Å²) in [7, 11) is 0. The fourth-order valence-electron chi connectivity index (χ4n) is 5.61. The molecule has 0 saturated heterocycles. The minimum atomic E-state index is -3.17. The number of imidazole rings is 1. The van der Waals surface area contributed by atoms with Crippen LogP contribution in [0.2, 0.25) is 0 Å². The SMILES string of the molecule is CCC[C@H]1CC[C@H]([C@H]2CC[C@H](C(F)(F)Oc3c[nH]c(-c4ccccc4)n3)CC2)CC1. The first-order chi connectivity index (χ1) is 14.5. The van der Waals surface area contributed by atoms with Gasteiger partial charge in [0, 0.05) is 5.56 Å². The quantitative estimate of drug-likeness (QED) is 0.508. The van der Waals surface area contributed by atoms with Crippen LogP contribution < -0.4 is 4.74 Å². The molecule has 4 rings (SSSR count). The maximum absolute atomic E-state index is 14.8. The molecule has 0 spiro atoms. The van der Waals surface area contributed by atoms with Crippen LogP contribution in [0.1, 0.15) is 71.1 Å². The predicted octanol–water partition coefficient (Wildman–Crippen LogP) is 7.46. The largest absolute Gasteiger partial charge is 0.413 e. The van der Waals surface area contributed by atoms with Crippen molar-refractivity contribution >= 4 is 0 Å². The lowest BCUT2D eigenvalue weighted by Gasteiger charge is -2.39. The van der Waals surface area contributed by atoms with Gasteiger partial charge in [0.25, 0.3) is 0 Å². The van der Waals surface area contributed by atoms with E-state index in [1.807, 2.05) is 30.3 Å². The Morgan fingerprint density at radius 3 is 2.23 bits per heavy atom. The second-order valence-electron chi connectivity index (χ2n) is 9.30. The van der Waals surface area contributed by atoms with E-state index in [9.17, 15) is 8.78 Å². The molecule has 2 aliphatic rings. The van der Waals surface area contributed by atoms with E-state index < -0.39 is 12.0 Å². The fraction of sp³-hybridized carbons (Fsp3) is 0.640. The van der Waals surface area contributed by atoms with Crippen molar-refractivity contribution in [2.75, 3.05) is 0 Å². The average molecular weight is 417 g/mol. The highest BCUT2D eigenvalue weighted by atomic mass is 19.3. The van der Waals surface area contributed by atoms with Crippen LogP contribution in [-0.2, 0) is 0 Å². The van der Waals surface area contributed by atoms with E-state index in [0.717, 1.165) is 30.2 Å². The number of nitrogens with zero attached hydrogens (tertiary/aromatic N) is 1. The summed E-state index contributed by atoms with van der Waals surface area (Å²) in [6, 6.07) is 9.46. The summed E-state index contributed by atoms with van der Waals surface area (Å²) >= 11 is 0. The maximum Gasteiger partial charge on any atom is 0.401 e. The molecule has 1 N–H and O–H groups in total. The molecule has 164 valence electrons. The number of nitrogens with one attached hydrogen (secondary N) is 1. The first kappa shape index (κ1) is 21.3. The molecule has 0 atom stereocenters. The van der Waals surface area contributed by atoms with Gasteiger partial charge in [-0.15, -0.1) is 0 Å². The molecule has 3 nitrogen and oxygen atoms in total. The van der Waals surface area contributed by atoms with Gasteiger partial charge >= 0.3 is 6.11 Å². The Hall–Kier alpha value is -1.91. The standard InChI is InChI=1S/C25H34F2N2O/c1-2-6-18-9-11-19(12-10-18)20-13-15-22(16-14-20)25(26,27)30-23-17-28-24(29-23)21-7-4-3-5-8-21/h3-5,7-8,17-20,22H,2,6,9-16H2,1H3,(H,28,29)/t18-,19-,20-,22-. The van der Waals surface area contributed by atoms with Crippen molar-refractivity contribution in [2.45, 2.75) is 77.2 Å². The summed E-state index contributed by atoms with van der Waals surface area (Å²) in [6.07, 6.45) is 9.03. The van der Waals surface area contributed by atoms with E-state index in [0.29, 0.717) is 24.6 Å². The van der Waals surface area contributed by atoms with Crippen LogP contribution in [0.5, 0.6) is 5.88 Å². The molecular weight excluding hydrogens is 382 g/mol. The van der Waals surface area contributed by atoms with Crippen LogP contribution in [-0.4, -0.2) is 16.1 Å². The van der Waals surface area contributed by atoms with Crippen LogP contribution in [0.4, 0.5) is 8.78 Å². The lowest BCUT2D eigenvalue weighted by atomic mass is 9.68. The van der Waals surface area contributed by atoms with Crippen molar-refractivity contribution < 1.29 is 13.5 Å². The number of halogens is 2. The third-order valence-corrected chi connectivity index (χ3v) is 7.34. The van der Waals surface area contributed by atoms with Gasteiger partial charge in [-0.3, -0.25) is 0 Å². The molecule has 1 aromatic carbocycles. The first-order valence-corrected chi connectivity index (χ1v) is 11.7. The summed E-state index contributed by atoms with van der Waals surface area (Å²) < 4.78 is 34.8. The van der Waals surface area contributed by atoms with Crippen molar-refractivity contribution in [3.63, 3.8) is 0 Å². The molecular formula is C25H34F2N2O. The zero-order chi connectivity index (χ0) is 21.0. The van der Waals surface area contributed by atoms with Gasteiger partial charge in [-0.25, -0.2) is 0 Å². The van der Waals surface area contributed by atoms with E-state index in [1.54, 1.807) is 0 Å². The molecule has 5 heteroatoms. The normalized spacial score (nSPS) is 27.7. The van der Waals surface area contributed by atoms with Crippen LogP contribution in [0.25, 0.3) is 11.4 Å². The van der Waals surface area contributed by atoms with Crippen molar-refractivity contribution in [3.05, 3.63) is 36.5 Å². The monoisotopic (exact) mass is 416 g/mol. The molecule has 2 aromatic rings. The van der Waals surface area contributed by atoms with Gasteiger partial charge in [0.05, 0.1) is 12.1 Å². The number of ether oxygens (including phenoxy) is 1. The van der Waals surface area contributed by atoms with E-state index in [1.165, 1.54) is 44.7 Å². The summed E-state index contributed by atoms with van der Waals surface area (Å²) in [4.78, 5) is 7.15. The summed E-state index contributed by atoms with van der Waals surface area (Å²) in [6.45, 7) is 2.26. The van der Waals surface area contributed by atoms with Crippen molar-refractivity contribution in [2.24, 2.45) is 23.7 Å². The maximum atomic E-state index is 14.8. The van der Waals surface area contributed by atoms with E-state index in [4.69, 9.17) is 4.74 Å². The molecule has 1 heterocycles. The lowest BCUT2D eigenvalue weighted by Crippen LogP contribution is -2.38. The molecule has 0 bridgehead atoms. The second-order valence-corrected chi connectivity index (χ2v) is 9.30. The zero-order valence-corrected chi connectivity index (χ0v) is 18.0. The first-order valence-electron chi connectivity index (χ1n) is 11.7. The topological polar surface area (TPSA) is 37.9 Å². The number of alkyl halides is 2. The highest BCUT2D eigenvalue weighted by Crippen LogP contribution is 2.45. The van der Waals surface area contributed by atoms with Gasteiger partial charge in [0.1, 0.15) is 5.82 Å². The lowest BCUT2D eigenvalue weighted by molar-refractivity contribution is -0.225. The smallest absolute Gasteiger partial charge is 0.401 e. The fourth-order valence-corrected chi connectivity index (χ4v) is 5.61. The molecule has 2 fully saturated rings. The Balaban J connectivity index is 1.28. The van der Waals surface area contributed by atoms with E-state index >= 15 is 0 Å². The highest BCUT2D eigenvalue weighted by Gasteiger charge is 2.45. The Kier molecular flexibility index (Phi) is 6.74. The van der Waals surface area contributed by atoms with Gasteiger partial charge in [0.2, 0.25) is 5.88 Å². The van der Waals surface area contributed by atoms with Gasteiger partial charge < -0.3 is 9.72 Å². The van der Waals surface area contributed by atoms with Crippen LogP contribution in [0, 0.1) is 23.7 Å². The van der Waals surface area contributed by atoms with Crippen LogP contribution >= 0.6 is 0 Å². The minimum Gasteiger partial charge on any atom is -0.413 e. The summed E-state index contributed by atoms with van der Waals surface area (Å²) in [5.74, 6) is 2.05. The Labute approximate surface area is 178 Å². The summed E-state index contributed by atoms with van der Waals surface area (Å²) in [5.41, 5.74) is 0.852. The molecule has 2 saturated carbocycles. The van der Waals surface area contributed by atoms with Gasteiger partial charge in [-0.1, -0.05) is 62.9 Å². The number of hydrogen-bond donors (Lipinski definition) is 1. The zero-order valence-electron chi connectivity index (χ0n) is 18.0. The molecule has 30 heavy (non-hydrogen) atoms. The predicted molar refractivity (Wildman–Crippen MR) is 115 cm³/mol. The molecule has 0 unspecified atom stereocenters. The Bertz CT molecular complexity index is 775. The second kappa shape index (κ2) is 9.49.